The van der Waals surface area contributed by atoms with E-state index in [-0.39, 0.29) is 48.9 Å². The minimum Gasteiger partial charge on any atom is -0.391 e. The highest BCUT2D eigenvalue weighted by atomic mass is 19.1. The second-order valence-electron chi connectivity index (χ2n) is 7.64. The molecule has 1 saturated carbocycles. The first kappa shape index (κ1) is 22.3. The maximum atomic E-state index is 13.7. The Morgan fingerprint density at radius 3 is 2.87 bits per heavy atom. The number of rotatable bonds is 10. The van der Waals surface area contributed by atoms with Crippen LogP contribution >= 0.6 is 0 Å². The van der Waals surface area contributed by atoms with E-state index in [9.17, 15) is 14.0 Å². The van der Waals surface area contributed by atoms with Gasteiger partial charge < -0.3 is 26.2 Å². The van der Waals surface area contributed by atoms with Crippen molar-refractivity contribution in [3.63, 3.8) is 0 Å². The minimum atomic E-state index is -0.348. The molecule has 0 radical (unpaired) electrons. The number of hydrogen-bond donors (Lipinski definition) is 3. The summed E-state index contributed by atoms with van der Waals surface area (Å²) in [4.78, 5) is 34.4. The maximum absolute atomic E-state index is 13.7. The zero-order valence-electron chi connectivity index (χ0n) is 17.4. The first-order chi connectivity index (χ1) is 14.8. The SMILES string of the molecule is Cc1cnc(CC(c2cccc(F)c2)C2CC2)c(=O)n1CC(=O)NCCON=C(N)N. The number of aryl methyl sites for hydroxylation is 1. The molecule has 0 saturated heterocycles. The van der Waals surface area contributed by atoms with Crippen molar-refractivity contribution in [1.29, 1.82) is 0 Å². The van der Waals surface area contributed by atoms with Gasteiger partial charge in [-0.3, -0.25) is 14.6 Å². The number of halogens is 1. The fraction of sp³-hybridized carbons (Fsp3) is 0.429. The van der Waals surface area contributed by atoms with E-state index in [0.29, 0.717) is 23.7 Å². The largest absolute Gasteiger partial charge is 0.391 e. The fourth-order valence-corrected chi connectivity index (χ4v) is 3.51. The highest BCUT2D eigenvalue weighted by molar-refractivity contribution is 5.76. The van der Waals surface area contributed by atoms with E-state index in [0.717, 1.165) is 18.4 Å². The van der Waals surface area contributed by atoms with E-state index in [2.05, 4.69) is 15.5 Å². The number of benzene rings is 1. The molecule has 1 heterocycles. The molecule has 1 aliphatic carbocycles. The smallest absolute Gasteiger partial charge is 0.272 e. The van der Waals surface area contributed by atoms with E-state index in [1.807, 2.05) is 6.07 Å². The van der Waals surface area contributed by atoms with E-state index in [4.69, 9.17) is 16.3 Å². The number of guanidine groups is 1. The summed E-state index contributed by atoms with van der Waals surface area (Å²) in [6.07, 6.45) is 4.08. The Morgan fingerprint density at radius 1 is 1.42 bits per heavy atom. The predicted octanol–water partition coefficient (Wildman–Crippen LogP) is 0.748. The van der Waals surface area contributed by atoms with Gasteiger partial charge in [0.25, 0.3) is 5.56 Å². The highest BCUT2D eigenvalue weighted by Gasteiger charge is 2.33. The molecule has 1 aromatic heterocycles. The molecule has 10 heteroatoms. The van der Waals surface area contributed by atoms with Crippen LogP contribution in [0.3, 0.4) is 0 Å². The molecular formula is C21H27FN6O3. The third-order valence-corrected chi connectivity index (χ3v) is 5.19. The van der Waals surface area contributed by atoms with Crippen LogP contribution in [0.25, 0.3) is 0 Å². The quantitative estimate of drug-likeness (QED) is 0.220. The third kappa shape index (κ3) is 6.27. The second kappa shape index (κ2) is 10.1. The number of aromatic nitrogens is 2. The molecule has 1 unspecified atom stereocenters. The summed E-state index contributed by atoms with van der Waals surface area (Å²) in [6.45, 7) is 1.86. The molecule has 1 aliphatic rings. The van der Waals surface area contributed by atoms with Crippen molar-refractivity contribution in [1.82, 2.24) is 14.9 Å². The van der Waals surface area contributed by atoms with Crippen LogP contribution in [0.15, 0.2) is 40.4 Å². The molecule has 166 valence electrons. The summed E-state index contributed by atoms with van der Waals surface area (Å²) in [5.41, 5.74) is 11.8. The minimum absolute atomic E-state index is 0.0218. The van der Waals surface area contributed by atoms with Crippen molar-refractivity contribution in [3.05, 3.63) is 63.6 Å². The second-order valence-corrected chi connectivity index (χ2v) is 7.64. The van der Waals surface area contributed by atoms with Crippen molar-refractivity contribution in [2.45, 2.75) is 38.6 Å². The van der Waals surface area contributed by atoms with Gasteiger partial charge in [-0.1, -0.05) is 12.1 Å². The van der Waals surface area contributed by atoms with Gasteiger partial charge in [0.1, 0.15) is 24.7 Å². The van der Waals surface area contributed by atoms with E-state index < -0.39 is 0 Å². The summed E-state index contributed by atoms with van der Waals surface area (Å²) < 4.78 is 15.1. The first-order valence-corrected chi connectivity index (χ1v) is 10.1. The Balaban J connectivity index is 1.69. The molecule has 3 rings (SSSR count). The van der Waals surface area contributed by atoms with Crippen LogP contribution < -0.4 is 22.3 Å². The lowest BCUT2D eigenvalue weighted by Gasteiger charge is -2.18. The lowest BCUT2D eigenvalue weighted by molar-refractivity contribution is -0.122. The number of carbonyl (C=O) groups excluding carboxylic acids is 1. The molecule has 0 bridgehead atoms. The number of hydrogen-bond acceptors (Lipinski definition) is 5. The van der Waals surface area contributed by atoms with Gasteiger partial charge in [-0.05, 0) is 54.5 Å². The third-order valence-electron chi connectivity index (χ3n) is 5.19. The molecular weight excluding hydrogens is 403 g/mol. The molecule has 31 heavy (non-hydrogen) atoms. The van der Waals surface area contributed by atoms with Crippen LogP contribution in [0.4, 0.5) is 4.39 Å². The normalized spacial score (nSPS) is 14.0. The molecule has 1 atom stereocenters. The zero-order valence-corrected chi connectivity index (χ0v) is 17.4. The Bertz CT molecular complexity index is 1010. The van der Waals surface area contributed by atoms with Gasteiger partial charge in [0, 0.05) is 18.3 Å². The molecule has 0 aliphatic heterocycles. The van der Waals surface area contributed by atoms with E-state index in [1.165, 1.54) is 16.7 Å². The summed E-state index contributed by atoms with van der Waals surface area (Å²) in [7, 11) is 0. The van der Waals surface area contributed by atoms with Crippen LogP contribution in [0.2, 0.25) is 0 Å². The van der Waals surface area contributed by atoms with E-state index in [1.54, 1.807) is 19.2 Å². The summed E-state index contributed by atoms with van der Waals surface area (Å²) in [5.74, 6) is -0.419. The first-order valence-electron chi connectivity index (χ1n) is 10.1. The Labute approximate surface area is 179 Å². The average molecular weight is 430 g/mol. The topological polar surface area (TPSA) is 138 Å². The van der Waals surface area contributed by atoms with Gasteiger partial charge in [0.15, 0.2) is 0 Å². The molecule has 9 nitrogen and oxygen atoms in total. The number of carbonyl (C=O) groups is 1. The van der Waals surface area contributed by atoms with Crippen molar-refractivity contribution in [2.75, 3.05) is 13.2 Å². The number of nitrogens with two attached hydrogens (primary N) is 2. The van der Waals surface area contributed by atoms with Crippen LogP contribution in [0, 0.1) is 18.7 Å². The van der Waals surface area contributed by atoms with Gasteiger partial charge in [-0.25, -0.2) is 4.39 Å². The molecule has 0 spiro atoms. The zero-order chi connectivity index (χ0) is 22.4. The Hall–Kier alpha value is -3.43. The summed E-state index contributed by atoms with van der Waals surface area (Å²) in [5, 5.41) is 6.00. The van der Waals surface area contributed by atoms with Gasteiger partial charge in [-0.2, -0.15) is 0 Å². The summed E-state index contributed by atoms with van der Waals surface area (Å²) in [6, 6.07) is 6.50. The molecule has 1 aromatic carbocycles. The van der Waals surface area contributed by atoms with Crippen LogP contribution in [0.5, 0.6) is 0 Å². The fourth-order valence-electron chi connectivity index (χ4n) is 3.51. The van der Waals surface area contributed by atoms with Crippen LogP contribution in [-0.2, 0) is 22.6 Å². The maximum Gasteiger partial charge on any atom is 0.272 e. The van der Waals surface area contributed by atoms with Crippen molar-refractivity contribution < 1.29 is 14.0 Å². The van der Waals surface area contributed by atoms with Crippen molar-refractivity contribution in [3.8, 4) is 0 Å². The number of amides is 1. The van der Waals surface area contributed by atoms with Crippen molar-refractivity contribution >= 4 is 11.9 Å². The Kier molecular flexibility index (Phi) is 7.22. The molecule has 1 fully saturated rings. The van der Waals surface area contributed by atoms with Gasteiger partial charge in [-0.15, -0.1) is 0 Å². The molecule has 5 N–H and O–H groups in total. The number of oxime groups is 1. The van der Waals surface area contributed by atoms with Gasteiger partial charge >= 0.3 is 0 Å². The molecule has 1 amide bonds. The summed E-state index contributed by atoms with van der Waals surface area (Å²) >= 11 is 0. The predicted molar refractivity (Wildman–Crippen MR) is 114 cm³/mol. The average Bonchev–Trinajstić information content (AvgIpc) is 3.55. The van der Waals surface area contributed by atoms with Crippen LogP contribution in [0.1, 0.15) is 35.7 Å². The lowest BCUT2D eigenvalue weighted by atomic mass is 9.89. The van der Waals surface area contributed by atoms with Gasteiger partial charge in [0.2, 0.25) is 11.9 Å². The van der Waals surface area contributed by atoms with Crippen molar-refractivity contribution in [2.24, 2.45) is 22.5 Å². The number of nitrogens with zero attached hydrogens (tertiary/aromatic N) is 3. The van der Waals surface area contributed by atoms with Crippen LogP contribution in [-0.4, -0.2) is 34.6 Å². The van der Waals surface area contributed by atoms with Gasteiger partial charge in [0.05, 0.1) is 6.54 Å². The number of nitrogens with one attached hydrogen (secondary N) is 1. The molecule has 2 aromatic rings. The van der Waals surface area contributed by atoms with E-state index >= 15 is 0 Å². The monoisotopic (exact) mass is 430 g/mol. The standard InChI is InChI=1S/C21H27FN6O3/c1-13-11-26-18(10-17(14-5-6-14)15-3-2-4-16(22)9-15)20(30)28(13)12-19(29)25-7-8-31-27-21(23)24/h2-4,9,11,14,17H,5-8,10,12H2,1H3,(H,25,29)(H4,23,24,27). The lowest BCUT2D eigenvalue weighted by Crippen LogP contribution is -2.36. The Morgan fingerprint density at radius 2 is 2.19 bits per heavy atom. The highest BCUT2D eigenvalue weighted by Crippen LogP contribution is 2.44.